The second-order valence-corrected chi connectivity index (χ2v) is 16.5. The molecule has 0 aliphatic rings. The summed E-state index contributed by atoms with van der Waals surface area (Å²) in [5.74, 6) is -0.580. The number of aliphatic hydroxyl groups excluding tert-OH is 1. The van der Waals surface area contributed by atoms with Crippen LogP contribution in [0.2, 0.25) is 0 Å². The topological polar surface area (TPSA) is 72.8 Å². The van der Waals surface area contributed by atoms with Gasteiger partial charge in [0.25, 0.3) is 0 Å². The van der Waals surface area contributed by atoms with Crippen LogP contribution in [0.15, 0.2) is 48.6 Å². The maximum atomic E-state index is 12.3. The Morgan fingerprint density at radius 2 is 0.754 bits per heavy atom. The van der Waals surface area contributed by atoms with Crippen LogP contribution < -0.4 is 0 Å². The van der Waals surface area contributed by atoms with Gasteiger partial charge in [-0.3, -0.25) is 9.59 Å². The third kappa shape index (κ3) is 46.4. The molecule has 0 aromatic rings. The number of rotatable bonds is 45. The van der Waals surface area contributed by atoms with E-state index in [1.165, 1.54) is 161 Å². The van der Waals surface area contributed by atoms with Crippen molar-refractivity contribution in [2.75, 3.05) is 13.2 Å². The lowest BCUT2D eigenvalue weighted by molar-refractivity contribution is -0.161. The van der Waals surface area contributed by atoms with E-state index in [1.807, 2.05) is 0 Å². The van der Waals surface area contributed by atoms with Gasteiger partial charge in [0.15, 0.2) is 6.10 Å². The SMILES string of the molecule is CC/C=C\C/C=C\C/C=C\C/C=C\CCCCCCCCCCCCCCCCC(=O)OC(CO)COC(=O)CCCCCCCCCCCCCCCCCC. The molecule has 1 unspecified atom stereocenters. The first-order valence-electron chi connectivity index (χ1n) is 24.7. The van der Waals surface area contributed by atoms with Crippen LogP contribution in [0.25, 0.3) is 0 Å². The van der Waals surface area contributed by atoms with Crippen molar-refractivity contribution in [3.8, 4) is 0 Å². The quantitative estimate of drug-likeness (QED) is 0.0377. The lowest BCUT2D eigenvalue weighted by Crippen LogP contribution is -2.28. The lowest BCUT2D eigenvalue weighted by Gasteiger charge is -2.15. The van der Waals surface area contributed by atoms with Crippen LogP contribution in [-0.2, 0) is 19.1 Å². The summed E-state index contributed by atoms with van der Waals surface area (Å²) in [6.45, 7) is 4.05. The van der Waals surface area contributed by atoms with Gasteiger partial charge in [0.2, 0.25) is 0 Å². The molecule has 332 valence electrons. The minimum atomic E-state index is -0.770. The Bertz CT molecular complexity index is 950. The molecule has 0 bridgehead atoms. The second kappa shape index (κ2) is 48.2. The highest BCUT2D eigenvalue weighted by Gasteiger charge is 2.16. The lowest BCUT2D eigenvalue weighted by atomic mass is 10.0. The minimum Gasteiger partial charge on any atom is -0.462 e. The van der Waals surface area contributed by atoms with Gasteiger partial charge in [-0.05, 0) is 51.4 Å². The number of carbonyl (C=O) groups is 2. The third-order valence-electron chi connectivity index (χ3n) is 10.9. The van der Waals surface area contributed by atoms with Gasteiger partial charge in [-0.15, -0.1) is 0 Å². The third-order valence-corrected chi connectivity index (χ3v) is 10.9. The van der Waals surface area contributed by atoms with E-state index in [0.717, 1.165) is 64.2 Å². The molecule has 0 amide bonds. The summed E-state index contributed by atoms with van der Waals surface area (Å²) >= 11 is 0. The Hall–Kier alpha value is -2.14. The van der Waals surface area contributed by atoms with Crippen LogP contribution >= 0.6 is 0 Å². The predicted molar refractivity (Wildman–Crippen MR) is 247 cm³/mol. The van der Waals surface area contributed by atoms with Crippen LogP contribution in [0, 0.1) is 0 Å². The van der Waals surface area contributed by atoms with E-state index in [2.05, 4.69) is 62.5 Å². The number of hydrogen-bond acceptors (Lipinski definition) is 5. The Morgan fingerprint density at radius 1 is 0.421 bits per heavy atom. The Labute approximate surface area is 354 Å². The number of aliphatic hydroxyl groups is 1. The molecule has 0 heterocycles. The fraction of sp³-hybridized carbons (Fsp3) is 0.808. The fourth-order valence-corrected chi connectivity index (χ4v) is 7.19. The monoisotopic (exact) mass is 799 g/mol. The Balaban J connectivity index is 3.47. The predicted octanol–water partition coefficient (Wildman–Crippen LogP) is 16.1. The summed E-state index contributed by atoms with van der Waals surface area (Å²) < 4.78 is 10.7. The maximum absolute atomic E-state index is 12.3. The molecule has 5 nitrogen and oxygen atoms in total. The fourth-order valence-electron chi connectivity index (χ4n) is 7.19. The van der Waals surface area contributed by atoms with Crippen molar-refractivity contribution in [1.29, 1.82) is 0 Å². The van der Waals surface area contributed by atoms with Gasteiger partial charge in [-0.1, -0.05) is 236 Å². The number of allylic oxidation sites excluding steroid dienone is 8. The molecule has 0 saturated heterocycles. The van der Waals surface area contributed by atoms with Gasteiger partial charge in [0.1, 0.15) is 6.61 Å². The van der Waals surface area contributed by atoms with Gasteiger partial charge in [0.05, 0.1) is 6.61 Å². The molecular formula is C52H94O5. The summed E-state index contributed by atoms with van der Waals surface area (Å²) in [5.41, 5.74) is 0. The molecule has 1 atom stereocenters. The number of carbonyl (C=O) groups excluding carboxylic acids is 2. The van der Waals surface area contributed by atoms with Gasteiger partial charge >= 0.3 is 11.9 Å². The van der Waals surface area contributed by atoms with E-state index in [4.69, 9.17) is 9.47 Å². The largest absolute Gasteiger partial charge is 0.462 e. The van der Waals surface area contributed by atoms with Gasteiger partial charge < -0.3 is 14.6 Å². The van der Waals surface area contributed by atoms with Crippen LogP contribution in [0.1, 0.15) is 251 Å². The summed E-state index contributed by atoms with van der Waals surface area (Å²) in [4.78, 5) is 24.4. The molecule has 0 fully saturated rings. The van der Waals surface area contributed by atoms with Crippen molar-refractivity contribution in [3.63, 3.8) is 0 Å². The highest BCUT2D eigenvalue weighted by atomic mass is 16.6. The Morgan fingerprint density at radius 3 is 1.14 bits per heavy atom. The Kier molecular flexibility index (Phi) is 46.4. The van der Waals surface area contributed by atoms with E-state index in [-0.39, 0.29) is 25.2 Å². The molecule has 57 heavy (non-hydrogen) atoms. The number of hydrogen-bond donors (Lipinski definition) is 1. The van der Waals surface area contributed by atoms with Crippen molar-refractivity contribution in [1.82, 2.24) is 0 Å². The number of unbranched alkanes of at least 4 members (excludes halogenated alkanes) is 29. The van der Waals surface area contributed by atoms with E-state index in [1.54, 1.807) is 0 Å². The molecule has 0 saturated carbocycles. The van der Waals surface area contributed by atoms with E-state index in [9.17, 15) is 14.7 Å². The molecule has 0 radical (unpaired) electrons. The summed E-state index contributed by atoms with van der Waals surface area (Å²) in [6, 6.07) is 0. The van der Waals surface area contributed by atoms with E-state index < -0.39 is 6.10 Å². The molecule has 5 heteroatoms. The molecule has 0 aromatic heterocycles. The van der Waals surface area contributed by atoms with Gasteiger partial charge in [0, 0.05) is 12.8 Å². The summed E-state index contributed by atoms with van der Waals surface area (Å²) in [6.07, 6.45) is 62.0. The second-order valence-electron chi connectivity index (χ2n) is 16.5. The normalized spacial score (nSPS) is 12.5. The average molecular weight is 799 g/mol. The van der Waals surface area contributed by atoms with Crippen molar-refractivity contribution < 1.29 is 24.2 Å². The minimum absolute atomic E-state index is 0.0623. The average Bonchev–Trinajstić information content (AvgIpc) is 3.21. The van der Waals surface area contributed by atoms with Crippen LogP contribution in [0.4, 0.5) is 0 Å². The van der Waals surface area contributed by atoms with Crippen LogP contribution in [0.5, 0.6) is 0 Å². The van der Waals surface area contributed by atoms with Crippen molar-refractivity contribution in [2.45, 2.75) is 258 Å². The van der Waals surface area contributed by atoms with Crippen molar-refractivity contribution >= 4 is 11.9 Å². The van der Waals surface area contributed by atoms with Crippen molar-refractivity contribution in [3.05, 3.63) is 48.6 Å². The molecular weight excluding hydrogens is 705 g/mol. The standard InChI is InChI=1S/C52H94O5/c1-3-5-7-9-11-13-15-17-19-21-22-23-24-25-26-27-28-29-30-31-33-35-37-39-41-43-45-47-52(55)57-50(48-53)49-56-51(54)46-44-42-40-38-36-34-32-20-18-16-14-12-10-8-6-4-2/h5,7,11,13,17,19,22-23,50,53H,3-4,6,8-10,12,14-16,18,20-21,24-49H2,1-2H3/b7-5-,13-11-,19-17-,23-22-. The van der Waals surface area contributed by atoms with E-state index >= 15 is 0 Å². The van der Waals surface area contributed by atoms with Crippen LogP contribution in [0.3, 0.4) is 0 Å². The highest BCUT2D eigenvalue weighted by molar-refractivity contribution is 5.70. The zero-order chi connectivity index (χ0) is 41.4. The smallest absolute Gasteiger partial charge is 0.306 e. The molecule has 0 rings (SSSR count). The first kappa shape index (κ1) is 54.9. The zero-order valence-corrected chi connectivity index (χ0v) is 37.9. The van der Waals surface area contributed by atoms with Gasteiger partial charge in [-0.25, -0.2) is 0 Å². The van der Waals surface area contributed by atoms with Crippen molar-refractivity contribution in [2.24, 2.45) is 0 Å². The zero-order valence-electron chi connectivity index (χ0n) is 37.9. The first-order chi connectivity index (χ1) is 28.1. The highest BCUT2D eigenvalue weighted by Crippen LogP contribution is 2.16. The first-order valence-corrected chi connectivity index (χ1v) is 24.7. The maximum Gasteiger partial charge on any atom is 0.306 e. The van der Waals surface area contributed by atoms with E-state index in [0.29, 0.717) is 12.8 Å². The number of esters is 2. The molecule has 0 aliphatic carbocycles. The molecule has 0 aromatic carbocycles. The van der Waals surface area contributed by atoms with Crippen LogP contribution in [-0.4, -0.2) is 36.4 Å². The summed E-state index contributed by atoms with van der Waals surface area (Å²) in [5, 5.41) is 9.61. The molecule has 1 N–H and O–H groups in total. The summed E-state index contributed by atoms with van der Waals surface area (Å²) in [7, 11) is 0. The molecule has 0 aliphatic heterocycles. The number of ether oxygens (including phenoxy) is 2. The van der Waals surface area contributed by atoms with Gasteiger partial charge in [-0.2, -0.15) is 0 Å². The molecule has 0 spiro atoms.